The van der Waals surface area contributed by atoms with Gasteiger partial charge in [0.15, 0.2) is 9.84 Å². The molecule has 2 N–H and O–H groups in total. The van der Waals surface area contributed by atoms with E-state index in [0.29, 0.717) is 6.42 Å². The number of rotatable bonds is 4. The summed E-state index contributed by atoms with van der Waals surface area (Å²) < 4.78 is 22.8. The van der Waals surface area contributed by atoms with Gasteiger partial charge in [-0.25, -0.2) is 13.2 Å². The minimum Gasteiger partial charge on any atom is -0.481 e. The molecule has 0 aromatic carbocycles. The fourth-order valence-electron chi connectivity index (χ4n) is 2.03. The van der Waals surface area contributed by atoms with Crippen molar-refractivity contribution in [1.82, 2.24) is 10.2 Å². The highest BCUT2D eigenvalue weighted by atomic mass is 32.2. The Bertz CT molecular complexity index is 475. The van der Waals surface area contributed by atoms with E-state index in [2.05, 4.69) is 5.32 Å². The summed E-state index contributed by atoms with van der Waals surface area (Å²) in [5.74, 6) is -1.65. The number of nitrogens with one attached hydrogen (secondary N) is 1. The molecule has 0 bridgehead atoms. The van der Waals surface area contributed by atoms with E-state index in [1.807, 2.05) is 0 Å². The van der Waals surface area contributed by atoms with Gasteiger partial charge >= 0.3 is 12.0 Å². The van der Waals surface area contributed by atoms with E-state index in [9.17, 15) is 18.0 Å². The Morgan fingerprint density at radius 3 is 2.47 bits per heavy atom. The molecule has 1 heterocycles. The first kappa shape index (κ1) is 15.7. The molecule has 2 amide bonds. The number of urea groups is 1. The highest BCUT2D eigenvalue weighted by molar-refractivity contribution is 7.91. The van der Waals surface area contributed by atoms with E-state index in [1.165, 1.54) is 18.9 Å². The molecule has 110 valence electrons. The number of nitrogens with zero attached hydrogens (tertiary/aromatic N) is 1. The molecular formula is C11H20N2O5S. The van der Waals surface area contributed by atoms with E-state index < -0.39 is 33.3 Å². The van der Waals surface area contributed by atoms with Crippen molar-refractivity contribution in [3.63, 3.8) is 0 Å². The quantitative estimate of drug-likeness (QED) is 0.754. The lowest BCUT2D eigenvalue weighted by molar-refractivity contribution is -0.141. The number of carbonyl (C=O) groups excluding carboxylic acids is 1. The van der Waals surface area contributed by atoms with Crippen LogP contribution in [0.5, 0.6) is 0 Å². The second-order valence-corrected chi connectivity index (χ2v) is 7.64. The lowest BCUT2D eigenvalue weighted by Gasteiger charge is -2.28. The van der Waals surface area contributed by atoms with Crippen LogP contribution in [0.15, 0.2) is 0 Å². The van der Waals surface area contributed by atoms with Crippen LogP contribution in [-0.4, -0.2) is 61.1 Å². The van der Waals surface area contributed by atoms with Gasteiger partial charge in [-0.2, -0.15) is 0 Å². The summed E-state index contributed by atoms with van der Waals surface area (Å²) >= 11 is 0. The Balaban J connectivity index is 2.58. The average molecular weight is 292 g/mol. The molecule has 2 unspecified atom stereocenters. The molecule has 0 aromatic heterocycles. The summed E-state index contributed by atoms with van der Waals surface area (Å²) in [5, 5.41) is 11.4. The van der Waals surface area contributed by atoms with Gasteiger partial charge in [-0.05, 0) is 13.3 Å². The molecule has 1 saturated heterocycles. The Kier molecular flexibility index (Phi) is 4.44. The number of carboxylic acid groups (broad SMARTS) is 1. The first-order chi connectivity index (χ1) is 8.55. The lowest BCUT2D eigenvalue weighted by atomic mass is 10.0. The van der Waals surface area contributed by atoms with Gasteiger partial charge in [-0.3, -0.25) is 4.79 Å². The average Bonchev–Trinajstić information content (AvgIpc) is 2.52. The van der Waals surface area contributed by atoms with Gasteiger partial charge in [0, 0.05) is 13.6 Å². The lowest BCUT2D eigenvalue weighted by Crippen LogP contribution is -2.52. The molecule has 0 spiro atoms. The fourth-order valence-corrected chi connectivity index (χ4v) is 4.13. The van der Waals surface area contributed by atoms with Crippen LogP contribution in [0.1, 0.15) is 20.3 Å². The number of sulfone groups is 1. The molecule has 1 aliphatic rings. The number of hydrogen-bond donors (Lipinski definition) is 2. The molecular weight excluding hydrogens is 272 g/mol. The first-order valence-electron chi connectivity index (χ1n) is 6.01. The van der Waals surface area contributed by atoms with Crippen LogP contribution in [-0.2, 0) is 14.6 Å². The van der Waals surface area contributed by atoms with Crippen molar-refractivity contribution in [1.29, 1.82) is 0 Å². The highest BCUT2D eigenvalue weighted by Crippen LogP contribution is 2.23. The zero-order valence-corrected chi connectivity index (χ0v) is 12.2. The predicted molar refractivity (Wildman–Crippen MR) is 69.6 cm³/mol. The maximum Gasteiger partial charge on any atom is 0.317 e. The molecule has 7 nitrogen and oxygen atoms in total. The summed E-state index contributed by atoms with van der Waals surface area (Å²) in [6.45, 7) is 3.27. The minimum atomic E-state index is -3.09. The topological polar surface area (TPSA) is 104 Å². The van der Waals surface area contributed by atoms with Gasteiger partial charge < -0.3 is 15.3 Å². The summed E-state index contributed by atoms with van der Waals surface area (Å²) in [5.41, 5.74) is -0.767. The van der Waals surface area contributed by atoms with Crippen molar-refractivity contribution in [3.05, 3.63) is 0 Å². The number of carbonyl (C=O) groups is 2. The number of aliphatic carboxylic acids is 1. The summed E-state index contributed by atoms with van der Waals surface area (Å²) in [7, 11) is -1.60. The monoisotopic (exact) mass is 292 g/mol. The van der Waals surface area contributed by atoms with Crippen LogP contribution in [0.3, 0.4) is 0 Å². The van der Waals surface area contributed by atoms with Crippen LogP contribution in [0.2, 0.25) is 0 Å². The zero-order valence-electron chi connectivity index (χ0n) is 11.3. The van der Waals surface area contributed by atoms with Crippen LogP contribution in [0, 0.1) is 5.92 Å². The second kappa shape index (κ2) is 5.36. The summed E-state index contributed by atoms with van der Waals surface area (Å²) in [6.07, 6.45) is 0.378. The Hall–Kier alpha value is -1.31. The van der Waals surface area contributed by atoms with Crippen molar-refractivity contribution >= 4 is 21.8 Å². The third-order valence-electron chi connectivity index (χ3n) is 3.23. The molecule has 8 heteroatoms. The molecule has 0 saturated carbocycles. The van der Waals surface area contributed by atoms with Crippen molar-refractivity contribution in [2.75, 3.05) is 25.1 Å². The molecule has 1 fully saturated rings. The first-order valence-corrected chi connectivity index (χ1v) is 7.83. The van der Waals surface area contributed by atoms with Crippen molar-refractivity contribution < 1.29 is 23.1 Å². The van der Waals surface area contributed by atoms with Crippen molar-refractivity contribution in [2.45, 2.75) is 25.8 Å². The van der Waals surface area contributed by atoms with E-state index in [1.54, 1.807) is 6.92 Å². The Morgan fingerprint density at radius 2 is 2.05 bits per heavy atom. The van der Waals surface area contributed by atoms with E-state index >= 15 is 0 Å². The largest absolute Gasteiger partial charge is 0.481 e. The highest BCUT2D eigenvalue weighted by Gasteiger charge is 2.40. The fraction of sp³-hybridized carbons (Fsp3) is 0.818. The zero-order chi connectivity index (χ0) is 14.8. The van der Waals surface area contributed by atoms with Gasteiger partial charge in [0.1, 0.15) is 0 Å². The third kappa shape index (κ3) is 4.38. The number of amides is 2. The van der Waals surface area contributed by atoms with Crippen LogP contribution < -0.4 is 5.32 Å². The summed E-state index contributed by atoms with van der Waals surface area (Å²) in [6, 6.07) is -0.451. The van der Waals surface area contributed by atoms with Crippen molar-refractivity contribution in [3.8, 4) is 0 Å². The Morgan fingerprint density at radius 1 is 1.47 bits per heavy atom. The predicted octanol–water partition coefficient (Wildman–Crippen LogP) is -0.0743. The van der Waals surface area contributed by atoms with Crippen molar-refractivity contribution in [2.24, 2.45) is 5.92 Å². The van der Waals surface area contributed by atoms with E-state index in [0.717, 1.165) is 0 Å². The van der Waals surface area contributed by atoms with Gasteiger partial charge in [0.05, 0.1) is 23.0 Å². The van der Waals surface area contributed by atoms with E-state index in [4.69, 9.17) is 5.11 Å². The molecule has 1 rings (SSSR count). The van der Waals surface area contributed by atoms with E-state index in [-0.39, 0.29) is 18.1 Å². The Labute approximate surface area is 112 Å². The second-order valence-electron chi connectivity index (χ2n) is 5.45. The van der Waals surface area contributed by atoms with Crippen LogP contribution in [0.25, 0.3) is 0 Å². The number of carboxylic acids is 1. The van der Waals surface area contributed by atoms with Crippen LogP contribution >= 0.6 is 0 Å². The SMILES string of the molecule is CC(CN(C)C(=O)NC1(C)CCS(=O)(=O)C1)C(=O)O. The van der Waals surface area contributed by atoms with Gasteiger partial charge in [-0.15, -0.1) is 0 Å². The normalized spacial score (nSPS) is 26.7. The van der Waals surface area contributed by atoms with Gasteiger partial charge in [0.25, 0.3) is 0 Å². The molecule has 0 aromatic rings. The maximum atomic E-state index is 11.9. The molecule has 19 heavy (non-hydrogen) atoms. The smallest absolute Gasteiger partial charge is 0.317 e. The van der Waals surface area contributed by atoms with Gasteiger partial charge in [0.2, 0.25) is 0 Å². The summed E-state index contributed by atoms with van der Waals surface area (Å²) in [4.78, 5) is 23.9. The minimum absolute atomic E-state index is 0.0685. The number of hydrogen-bond acceptors (Lipinski definition) is 4. The molecule has 1 aliphatic heterocycles. The standard InChI is InChI=1S/C11H20N2O5S/c1-8(9(14)15)6-13(3)10(16)12-11(2)4-5-19(17,18)7-11/h8H,4-7H2,1-3H3,(H,12,16)(H,14,15). The molecule has 2 atom stereocenters. The molecule has 0 radical (unpaired) electrons. The van der Waals surface area contributed by atoms with Gasteiger partial charge in [-0.1, -0.05) is 6.92 Å². The molecule has 0 aliphatic carbocycles. The maximum absolute atomic E-state index is 11.9. The third-order valence-corrected chi connectivity index (χ3v) is 5.13. The van der Waals surface area contributed by atoms with Crippen LogP contribution in [0.4, 0.5) is 4.79 Å².